The van der Waals surface area contributed by atoms with Crippen LogP contribution in [-0.2, 0) is 16.1 Å². The van der Waals surface area contributed by atoms with E-state index in [0.29, 0.717) is 17.7 Å². The zero-order valence-corrected chi connectivity index (χ0v) is 14.2. The Labute approximate surface area is 150 Å². The Morgan fingerprint density at radius 1 is 1.08 bits per heavy atom. The summed E-state index contributed by atoms with van der Waals surface area (Å²) in [4.78, 5) is 49.7. The van der Waals surface area contributed by atoms with Crippen molar-refractivity contribution in [3.8, 4) is 0 Å². The van der Waals surface area contributed by atoms with Crippen LogP contribution in [0.5, 0.6) is 0 Å². The molecular weight excluding hydrogens is 336 g/mol. The zero-order chi connectivity index (χ0) is 18.4. The standard InChI is InChI=1S/C18H20N4O4/c19-12-3-4-13(12)20-8-9-1-2-10-11(7-9)18(26)22(17(10)25)14-5-6-15(23)21-16(14)24/h1-2,7,12-14,20H,3-6,8,19H2,(H,21,23,24). The second-order valence-corrected chi connectivity index (χ2v) is 7.06. The molecule has 2 heterocycles. The van der Waals surface area contributed by atoms with Gasteiger partial charge in [0.25, 0.3) is 11.8 Å². The molecule has 0 bridgehead atoms. The highest BCUT2D eigenvalue weighted by Gasteiger charge is 2.44. The Hall–Kier alpha value is -2.58. The number of piperidine rings is 1. The van der Waals surface area contributed by atoms with Crippen LogP contribution in [0.3, 0.4) is 0 Å². The van der Waals surface area contributed by atoms with Crippen LogP contribution in [0.4, 0.5) is 0 Å². The highest BCUT2D eigenvalue weighted by atomic mass is 16.2. The predicted molar refractivity (Wildman–Crippen MR) is 91.0 cm³/mol. The van der Waals surface area contributed by atoms with E-state index in [0.717, 1.165) is 23.3 Å². The molecule has 3 atom stereocenters. The fraction of sp³-hybridized carbons (Fsp3) is 0.444. The van der Waals surface area contributed by atoms with Crippen LogP contribution in [0.25, 0.3) is 0 Å². The predicted octanol–water partition coefficient (Wildman–Crippen LogP) is -0.333. The monoisotopic (exact) mass is 356 g/mol. The van der Waals surface area contributed by atoms with Gasteiger partial charge in [0.2, 0.25) is 11.8 Å². The van der Waals surface area contributed by atoms with E-state index < -0.39 is 23.8 Å². The van der Waals surface area contributed by atoms with Crippen molar-refractivity contribution in [3.63, 3.8) is 0 Å². The number of carbonyl (C=O) groups excluding carboxylic acids is 4. The fourth-order valence-corrected chi connectivity index (χ4v) is 3.66. The van der Waals surface area contributed by atoms with Crippen molar-refractivity contribution in [1.82, 2.24) is 15.5 Å². The summed E-state index contributed by atoms with van der Waals surface area (Å²) in [6.07, 6.45) is 2.31. The number of fused-ring (bicyclic) bond motifs is 1. The van der Waals surface area contributed by atoms with Crippen LogP contribution in [0.2, 0.25) is 0 Å². The van der Waals surface area contributed by atoms with Gasteiger partial charge < -0.3 is 11.1 Å². The minimum atomic E-state index is -0.936. The lowest BCUT2D eigenvalue weighted by atomic mass is 9.87. The van der Waals surface area contributed by atoms with Gasteiger partial charge >= 0.3 is 0 Å². The highest BCUT2D eigenvalue weighted by molar-refractivity contribution is 6.23. The van der Waals surface area contributed by atoms with Crippen LogP contribution < -0.4 is 16.4 Å². The van der Waals surface area contributed by atoms with E-state index in [4.69, 9.17) is 5.73 Å². The molecule has 3 unspecified atom stereocenters. The molecule has 136 valence electrons. The summed E-state index contributed by atoms with van der Waals surface area (Å²) >= 11 is 0. The van der Waals surface area contributed by atoms with E-state index >= 15 is 0 Å². The lowest BCUT2D eigenvalue weighted by Crippen LogP contribution is -2.54. The van der Waals surface area contributed by atoms with Gasteiger partial charge in [-0.2, -0.15) is 0 Å². The summed E-state index contributed by atoms with van der Waals surface area (Å²) in [5, 5.41) is 5.54. The number of rotatable bonds is 4. The molecular formula is C18H20N4O4. The van der Waals surface area contributed by atoms with E-state index in [-0.39, 0.29) is 30.8 Å². The summed E-state index contributed by atoms with van der Waals surface area (Å²) in [6, 6.07) is 4.62. The first-order valence-electron chi connectivity index (χ1n) is 8.79. The first kappa shape index (κ1) is 16.9. The van der Waals surface area contributed by atoms with Crippen molar-refractivity contribution >= 4 is 23.6 Å². The van der Waals surface area contributed by atoms with Gasteiger partial charge in [-0.15, -0.1) is 0 Å². The van der Waals surface area contributed by atoms with E-state index in [1.165, 1.54) is 0 Å². The smallest absolute Gasteiger partial charge is 0.262 e. The van der Waals surface area contributed by atoms with E-state index in [1.54, 1.807) is 18.2 Å². The van der Waals surface area contributed by atoms with Crippen molar-refractivity contribution in [2.75, 3.05) is 0 Å². The van der Waals surface area contributed by atoms with Crippen LogP contribution in [-0.4, -0.2) is 46.7 Å². The summed E-state index contributed by atoms with van der Waals surface area (Å²) in [7, 11) is 0. The quantitative estimate of drug-likeness (QED) is 0.635. The largest absolute Gasteiger partial charge is 0.326 e. The van der Waals surface area contributed by atoms with Gasteiger partial charge in [-0.1, -0.05) is 6.07 Å². The van der Waals surface area contributed by atoms with Crippen molar-refractivity contribution < 1.29 is 19.2 Å². The number of carbonyl (C=O) groups is 4. The number of hydrogen-bond acceptors (Lipinski definition) is 6. The summed E-state index contributed by atoms with van der Waals surface area (Å²) in [5.74, 6) is -1.95. The average molecular weight is 356 g/mol. The van der Waals surface area contributed by atoms with Crippen LogP contribution in [0.15, 0.2) is 18.2 Å². The Kier molecular flexibility index (Phi) is 4.08. The normalized spacial score (nSPS) is 28.0. The molecule has 3 aliphatic rings. The lowest BCUT2D eigenvalue weighted by Gasteiger charge is -2.34. The topological polar surface area (TPSA) is 122 Å². The fourth-order valence-electron chi connectivity index (χ4n) is 3.66. The maximum Gasteiger partial charge on any atom is 0.262 e. The van der Waals surface area contributed by atoms with Crippen molar-refractivity contribution in [2.45, 2.75) is 50.4 Å². The van der Waals surface area contributed by atoms with Crippen LogP contribution >= 0.6 is 0 Å². The van der Waals surface area contributed by atoms with Gasteiger partial charge in [-0.3, -0.25) is 29.4 Å². The van der Waals surface area contributed by atoms with Crippen molar-refractivity contribution in [3.05, 3.63) is 34.9 Å². The molecule has 4 rings (SSSR count). The third-order valence-electron chi connectivity index (χ3n) is 5.40. The molecule has 26 heavy (non-hydrogen) atoms. The number of nitrogens with two attached hydrogens (primary N) is 1. The van der Waals surface area contributed by atoms with Gasteiger partial charge in [0.05, 0.1) is 11.1 Å². The molecule has 8 nitrogen and oxygen atoms in total. The molecule has 4 amide bonds. The SMILES string of the molecule is NC1CCC1NCc1ccc2c(c1)C(=O)N(C1CCC(=O)NC1=O)C2=O. The first-order chi connectivity index (χ1) is 12.5. The third kappa shape index (κ3) is 2.71. The minimum absolute atomic E-state index is 0.112. The van der Waals surface area contributed by atoms with Gasteiger partial charge in [0.1, 0.15) is 6.04 Å². The van der Waals surface area contributed by atoms with Gasteiger partial charge in [0.15, 0.2) is 0 Å². The van der Waals surface area contributed by atoms with Crippen molar-refractivity contribution in [1.29, 1.82) is 0 Å². The summed E-state index contributed by atoms with van der Waals surface area (Å²) in [5.41, 5.74) is 7.39. The highest BCUT2D eigenvalue weighted by Crippen LogP contribution is 2.28. The number of amides is 4. The van der Waals surface area contributed by atoms with Crippen LogP contribution in [0.1, 0.15) is 52.0 Å². The molecule has 2 aliphatic heterocycles. The molecule has 0 radical (unpaired) electrons. The van der Waals surface area contributed by atoms with Gasteiger partial charge in [-0.25, -0.2) is 0 Å². The average Bonchev–Trinajstić information content (AvgIpc) is 2.85. The molecule has 1 saturated heterocycles. The maximum absolute atomic E-state index is 12.7. The Morgan fingerprint density at radius 2 is 1.85 bits per heavy atom. The number of nitrogens with one attached hydrogen (secondary N) is 2. The van der Waals surface area contributed by atoms with E-state index in [9.17, 15) is 19.2 Å². The van der Waals surface area contributed by atoms with Gasteiger partial charge in [0, 0.05) is 25.0 Å². The molecule has 4 N–H and O–H groups in total. The molecule has 1 aromatic carbocycles. The van der Waals surface area contributed by atoms with E-state index in [1.807, 2.05) is 0 Å². The second kappa shape index (κ2) is 6.30. The van der Waals surface area contributed by atoms with Crippen LogP contribution in [0, 0.1) is 0 Å². The minimum Gasteiger partial charge on any atom is -0.326 e. The lowest BCUT2D eigenvalue weighted by molar-refractivity contribution is -0.136. The number of nitrogens with zero attached hydrogens (tertiary/aromatic N) is 1. The number of imide groups is 2. The Bertz CT molecular complexity index is 821. The second-order valence-electron chi connectivity index (χ2n) is 7.06. The number of hydrogen-bond donors (Lipinski definition) is 3. The molecule has 8 heteroatoms. The molecule has 1 saturated carbocycles. The third-order valence-corrected chi connectivity index (χ3v) is 5.40. The molecule has 0 aromatic heterocycles. The summed E-state index contributed by atoms with van der Waals surface area (Å²) < 4.78 is 0. The summed E-state index contributed by atoms with van der Waals surface area (Å²) in [6.45, 7) is 0.561. The molecule has 2 fully saturated rings. The molecule has 1 aromatic rings. The maximum atomic E-state index is 12.7. The first-order valence-corrected chi connectivity index (χ1v) is 8.79. The Morgan fingerprint density at radius 3 is 2.50 bits per heavy atom. The molecule has 0 spiro atoms. The molecule has 1 aliphatic carbocycles. The van der Waals surface area contributed by atoms with E-state index in [2.05, 4.69) is 10.6 Å². The Balaban J connectivity index is 1.52. The zero-order valence-electron chi connectivity index (χ0n) is 14.2. The van der Waals surface area contributed by atoms with Crippen molar-refractivity contribution in [2.24, 2.45) is 5.73 Å². The number of benzene rings is 1. The van der Waals surface area contributed by atoms with Gasteiger partial charge in [-0.05, 0) is 37.0 Å².